The van der Waals surface area contributed by atoms with Crippen molar-refractivity contribution in [1.82, 2.24) is 4.90 Å². The van der Waals surface area contributed by atoms with Crippen molar-refractivity contribution in [3.05, 3.63) is 70.3 Å². The van der Waals surface area contributed by atoms with E-state index in [4.69, 9.17) is 16.3 Å². The SMILES string of the molecule is O=C(C=Cc1cc(C(F)(F)F)ccc1Cl)Nc1ccc(C(=O)N2CCOCC2)cc1. The zero-order valence-corrected chi connectivity index (χ0v) is 16.5. The van der Waals surface area contributed by atoms with Gasteiger partial charge in [-0.2, -0.15) is 13.2 Å². The lowest BCUT2D eigenvalue weighted by molar-refractivity contribution is -0.137. The second-order valence-electron chi connectivity index (χ2n) is 6.54. The van der Waals surface area contributed by atoms with Gasteiger partial charge in [-0.05, 0) is 54.1 Å². The molecule has 1 fully saturated rings. The van der Waals surface area contributed by atoms with Crippen LogP contribution >= 0.6 is 11.6 Å². The van der Waals surface area contributed by atoms with Crippen molar-refractivity contribution in [2.24, 2.45) is 0 Å². The molecule has 0 radical (unpaired) electrons. The second-order valence-corrected chi connectivity index (χ2v) is 6.95. The van der Waals surface area contributed by atoms with Gasteiger partial charge in [0.2, 0.25) is 5.91 Å². The molecule has 1 aliphatic heterocycles. The van der Waals surface area contributed by atoms with Gasteiger partial charge in [-0.15, -0.1) is 0 Å². The number of amides is 2. The second kappa shape index (κ2) is 9.32. The third-order valence-electron chi connectivity index (χ3n) is 4.44. The molecule has 1 N–H and O–H groups in total. The van der Waals surface area contributed by atoms with Crippen LogP contribution in [0.2, 0.25) is 5.02 Å². The first-order valence-corrected chi connectivity index (χ1v) is 9.45. The molecule has 0 atom stereocenters. The van der Waals surface area contributed by atoms with Crippen LogP contribution in [-0.2, 0) is 15.7 Å². The van der Waals surface area contributed by atoms with Crippen molar-refractivity contribution in [3.63, 3.8) is 0 Å². The molecule has 1 aliphatic rings. The van der Waals surface area contributed by atoms with E-state index in [-0.39, 0.29) is 16.5 Å². The number of rotatable bonds is 4. The van der Waals surface area contributed by atoms with Crippen LogP contribution in [0.1, 0.15) is 21.5 Å². The summed E-state index contributed by atoms with van der Waals surface area (Å²) in [6.45, 7) is 2.06. The van der Waals surface area contributed by atoms with Gasteiger partial charge in [0.15, 0.2) is 0 Å². The summed E-state index contributed by atoms with van der Waals surface area (Å²) in [7, 11) is 0. The van der Waals surface area contributed by atoms with Gasteiger partial charge in [-0.3, -0.25) is 9.59 Å². The highest BCUT2D eigenvalue weighted by Gasteiger charge is 2.30. The van der Waals surface area contributed by atoms with Crippen LogP contribution in [0.15, 0.2) is 48.5 Å². The zero-order chi connectivity index (χ0) is 21.7. The normalized spacial score (nSPS) is 14.7. The van der Waals surface area contributed by atoms with Gasteiger partial charge in [0.25, 0.3) is 5.91 Å². The number of nitrogens with zero attached hydrogens (tertiary/aromatic N) is 1. The van der Waals surface area contributed by atoms with Gasteiger partial charge < -0.3 is 15.0 Å². The lowest BCUT2D eigenvalue weighted by atomic mass is 10.1. The third-order valence-corrected chi connectivity index (χ3v) is 4.78. The molecule has 0 unspecified atom stereocenters. The van der Waals surface area contributed by atoms with Gasteiger partial charge in [0.05, 0.1) is 18.8 Å². The number of carbonyl (C=O) groups excluding carboxylic acids is 2. The van der Waals surface area contributed by atoms with Crippen molar-refractivity contribution >= 4 is 35.2 Å². The van der Waals surface area contributed by atoms with E-state index < -0.39 is 17.6 Å². The highest BCUT2D eigenvalue weighted by atomic mass is 35.5. The summed E-state index contributed by atoms with van der Waals surface area (Å²) in [6.07, 6.45) is -2.20. The monoisotopic (exact) mass is 438 g/mol. The number of alkyl halides is 3. The van der Waals surface area contributed by atoms with E-state index in [1.54, 1.807) is 29.2 Å². The minimum absolute atomic E-state index is 0.0769. The molecule has 2 aromatic rings. The number of carbonyl (C=O) groups is 2. The Balaban J connectivity index is 1.63. The first-order chi connectivity index (χ1) is 14.2. The molecule has 158 valence electrons. The van der Waals surface area contributed by atoms with Crippen molar-refractivity contribution in [3.8, 4) is 0 Å². The highest BCUT2D eigenvalue weighted by Crippen LogP contribution is 2.32. The lowest BCUT2D eigenvalue weighted by Crippen LogP contribution is -2.40. The summed E-state index contributed by atoms with van der Waals surface area (Å²) in [6, 6.07) is 9.23. The molecule has 5 nitrogen and oxygen atoms in total. The number of anilines is 1. The van der Waals surface area contributed by atoms with Crippen molar-refractivity contribution in [2.45, 2.75) is 6.18 Å². The molecule has 0 aromatic heterocycles. The number of hydrogen-bond donors (Lipinski definition) is 1. The van der Waals surface area contributed by atoms with Gasteiger partial charge in [0.1, 0.15) is 0 Å². The molecule has 2 amide bonds. The van der Waals surface area contributed by atoms with Crippen molar-refractivity contribution < 1.29 is 27.5 Å². The quantitative estimate of drug-likeness (QED) is 0.716. The average molecular weight is 439 g/mol. The molecule has 3 rings (SSSR count). The summed E-state index contributed by atoms with van der Waals surface area (Å²) in [5, 5.41) is 2.68. The number of morpholine rings is 1. The van der Waals surface area contributed by atoms with E-state index >= 15 is 0 Å². The first-order valence-electron chi connectivity index (χ1n) is 9.07. The number of hydrogen-bond acceptors (Lipinski definition) is 3. The van der Waals surface area contributed by atoms with Crippen LogP contribution in [-0.4, -0.2) is 43.0 Å². The number of benzene rings is 2. The maximum Gasteiger partial charge on any atom is 0.416 e. The van der Waals surface area contributed by atoms with Crippen LogP contribution in [0.4, 0.5) is 18.9 Å². The predicted octanol–water partition coefficient (Wildman–Crippen LogP) is 4.48. The molecule has 2 aromatic carbocycles. The smallest absolute Gasteiger partial charge is 0.378 e. The summed E-state index contributed by atoms with van der Waals surface area (Å²) in [4.78, 5) is 26.2. The number of halogens is 4. The van der Waals surface area contributed by atoms with Crippen molar-refractivity contribution in [1.29, 1.82) is 0 Å². The standard InChI is InChI=1S/C21H18ClF3N2O3/c22-18-7-4-16(21(23,24)25)13-15(18)3-8-19(28)26-17-5-1-14(2-6-17)20(29)27-9-11-30-12-10-27/h1-8,13H,9-12H2,(H,26,28). The first kappa shape index (κ1) is 21.9. The van der Waals surface area contributed by atoms with Gasteiger partial charge >= 0.3 is 6.18 Å². The number of ether oxygens (including phenoxy) is 1. The van der Waals surface area contributed by atoms with E-state index in [0.717, 1.165) is 24.3 Å². The summed E-state index contributed by atoms with van der Waals surface area (Å²) < 4.78 is 43.7. The predicted molar refractivity (Wildman–Crippen MR) is 107 cm³/mol. The highest BCUT2D eigenvalue weighted by molar-refractivity contribution is 6.32. The van der Waals surface area contributed by atoms with E-state index in [1.807, 2.05) is 0 Å². The Bertz CT molecular complexity index is 953. The minimum Gasteiger partial charge on any atom is -0.378 e. The van der Waals surface area contributed by atoms with E-state index in [9.17, 15) is 22.8 Å². The fraction of sp³-hybridized carbons (Fsp3) is 0.238. The fourth-order valence-corrected chi connectivity index (χ4v) is 3.02. The fourth-order valence-electron chi connectivity index (χ4n) is 2.84. The van der Waals surface area contributed by atoms with Gasteiger partial charge in [-0.1, -0.05) is 11.6 Å². The Hall–Kier alpha value is -2.84. The van der Waals surface area contributed by atoms with Gasteiger partial charge in [-0.25, -0.2) is 0 Å². The molecule has 0 spiro atoms. The van der Waals surface area contributed by atoms with Crippen LogP contribution < -0.4 is 5.32 Å². The molecular weight excluding hydrogens is 421 g/mol. The van der Waals surface area contributed by atoms with E-state index in [0.29, 0.717) is 37.6 Å². The zero-order valence-electron chi connectivity index (χ0n) is 15.7. The van der Waals surface area contributed by atoms with Crippen LogP contribution in [0.5, 0.6) is 0 Å². The van der Waals surface area contributed by atoms with Gasteiger partial charge in [0, 0.05) is 35.4 Å². The van der Waals surface area contributed by atoms with Crippen LogP contribution in [0, 0.1) is 0 Å². The van der Waals surface area contributed by atoms with E-state index in [2.05, 4.69) is 5.32 Å². The Morgan fingerprint density at radius 1 is 1.07 bits per heavy atom. The Kier molecular flexibility index (Phi) is 6.79. The molecule has 30 heavy (non-hydrogen) atoms. The van der Waals surface area contributed by atoms with Crippen LogP contribution in [0.25, 0.3) is 6.08 Å². The maximum atomic E-state index is 12.8. The average Bonchev–Trinajstić information content (AvgIpc) is 2.73. The molecule has 0 saturated carbocycles. The largest absolute Gasteiger partial charge is 0.416 e. The summed E-state index contributed by atoms with van der Waals surface area (Å²) >= 11 is 5.91. The van der Waals surface area contributed by atoms with Crippen LogP contribution in [0.3, 0.4) is 0 Å². The molecule has 9 heteroatoms. The molecular formula is C21H18ClF3N2O3. The molecule has 0 aliphatic carbocycles. The lowest BCUT2D eigenvalue weighted by Gasteiger charge is -2.26. The topological polar surface area (TPSA) is 58.6 Å². The third kappa shape index (κ3) is 5.61. The Morgan fingerprint density at radius 3 is 2.37 bits per heavy atom. The Morgan fingerprint density at radius 2 is 1.73 bits per heavy atom. The molecule has 1 heterocycles. The van der Waals surface area contributed by atoms with Crippen molar-refractivity contribution in [2.75, 3.05) is 31.6 Å². The number of nitrogens with one attached hydrogen (secondary N) is 1. The maximum absolute atomic E-state index is 12.8. The summed E-state index contributed by atoms with van der Waals surface area (Å²) in [5.41, 5.74) is 0.153. The molecule has 1 saturated heterocycles. The molecule has 0 bridgehead atoms. The Labute approximate surface area is 176 Å². The minimum atomic E-state index is -4.50. The summed E-state index contributed by atoms with van der Waals surface area (Å²) in [5.74, 6) is -0.661. The van der Waals surface area contributed by atoms with E-state index in [1.165, 1.54) is 6.08 Å².